The van der Waals surface area contributed by atoms with E-state index in [2.05, 4.69) is 24.2 Å². The number of likely N-dealkylation sites (tertiary alicyclic amines) is 1. The van der Waals surface area contributed by atoms with Crippen LogP contribution in [0.25, 0.3) is 0 Å². The maximum Gasteiger partial charge on any atom is 0.205 e. The number of carbonyl (C=O) groups is 1. The standard InChI is InChI=1S/C25H29N3O2S/c1-3-17-6-4-7-18(14-17)24(29)25-22(26)15-23(31-25)27-19-9-11-21(12-10-19)30-16-20-8-5-13-28(20)2/h4,6-7,9-12,14-15,20,27H,3,5,8,13,16,26H2,1-2H3/t20-/m0/s1. The van der Waals surface area contributed by atoms with Crippen molar-refractivity contribution < 1.29 is 9.53 Å². The van der Waals surface area contributed by atoms with Crippen LogP contribution in [0.4, 0.5) is 16.4 Å². The van der Waals surface area contributed by atoms with E-state index < -0.39 is 0 Å². The first kappa shape index (κ1) is 21.4. The summed E-state index contributed by atoms with van der Waals surface area (Å²) < 4.78 is 5.96. The Bertz CT molecular complexity index is 1050. The molecule has 162 valence electrons. The molecule has 0 saturated carbocycles. The van der Waals surface area contributed by atoms with Gasteiger partial charge >= 0.3 is 0 Å². The zero-order valence-electron chi connectivity index (χ0n) is 18.1. The Hall–Kier alpha value is -2.83. The van der Waals surface area contributed by atoms with Crippen molar-refractivity contribution in [3.63, 3.8) is 0 Å². The van der Waals surface area contributed by atoms with Gasteiger partial charge in [0.05, 0.1) is 10.7 Å². The van der Waals surface area contributed by atoms with Crippen LogP contribution in [0.1, 0.15) is 40.6 Å². The highest BCUT2D eigenvalue weighted by Crippen LogP contribution is 2.33. The van der Waals surface area contributed by atoms with E-state index >= 15 is 0 Å². The molecule has 0 aliphatic carbocycles. The van der Waals surface area contributed by atoms with Crippen molar-refractivity contribution in [3.8, 4) is 5.75 Å². The number of carbonyl (C=O) groups excluding carboxylic acids is 1. The van der Waals surface area contributed by atoms with E-state index in [-0.39, 0.29) is 5.78 Å². The molecular formula is C25H29N3O2S. The molecule has 3 aromatic rings. The van der Waals surface area contributed by atoms with E-state index in [0.717, 1.165) is 41.6 Å². The van der Waals surface area contributed by atoms with Gasteiger partial charge in [0.15, 0.2) is 0 Å². The molecular weight excluding hydrogens is 406 g/mol. The van der Waals surface area contributed by atoms with Crippen LogP contribution < -0.4 is 15.8 Å². The van der Waals surface area contributed by atoms with Gasteiger partial charge in [0.1, 0.15) is 17.2 Å². The predicted octanol–water partition coefficient (Wildman–Crippen LogP) is 5.34. The van der Waals surface area contributed by atoms with Crippen LogP contribution in [0, 0.1) is 0 Å². The number of likely N-dealkylation sites (N-methyl/N-ethyl adjacent to an activating group) is 1. The van der Waals surface area contributed by atoms with Crippen LogP contribution in [0.15, 0.2) is 54.6 Å². The third-order valence-electron chi connectivity index (χ3n) is 5.80. The van der Waals surface area contributed by atoms with E-state index in [1.807, 2.05) is 54.6 Å². The second-order valence-corrected chi connectivity index (χ2v) is 9.07. The molecule has 1 fully saturated rings. The molecule has 0 spiro atoms. The number of nitrogen functional groups attached to an aromatic ring is 1. The monoisotopic (exact) mass is 435 g/mol. The number of hydrogen-bond donors (Lipinski definition) is 2. The molecule has 5 nitrogen and oxygen atoms in total. The maximum absolute atomic E-state index is 12.9. The average molecular weight is 436 g/mol. The Kier molecular flexibility index (Phi) is 6.59. The summed E-state index contributed by atoms with van der Waals surface area (Å²) in [7, 11) is 2.15. The van der Waals surface area contributed by atoms with Gasteiger partial charge in [0, 0.05) is 17.3 Å². The number of nitrogens with zero attached hydrogens (tertiary/aromatic N) is 1. The zero-order valence-corrected chi connectivity index (χ0v) is 18.9. The Morgan fingerprint density at radius 3 is 2.74 bits per heavy atom. The van der Waals surface area contributed by atoms with Crippen LogP contribution in [0.2, 0.25) is 0 Å². The Morgan fingerprint density at radius 2 is 2.03 bits per heavy atom. The van der Waals surface area contributed by atoms with Crippen molar-refractivity contribution in [2.75, 3.05) is 31.2 Å². The van der Waals surface area contributed by atoms with Gasteiger partial charge in [-0.05, 0) is 74.8 Å². The molecule has 3 N–H and O–H groups in total. The molecule has 2 aromatic carbocycles. The summed E-state index contributed by atoms with van der Waals surface area (Å²) in [6, 6.07) is 18.0. The molecule has 6 heteroatoms. The fraction of sp³-hybridized carbons (Fsp3) is 0.320. The molecule has 1 aliphatic rings. The molecule has 0 amide bonds. The number of anilines is 3. The summed E-state index contributed by atoms with van der Waals surface area (Å²) in [6.07, 6.45) is 3.33. The highest BCUT2D eigenvalue weighted by molar-refractivity contribution is 7.18. The van der Waals surface area contributed by atoms with Crippen molar-refractivity contribution in [3.05, 3.63) is 70.6 Å². The minimum atomic E-state index is -0.0357. The first-order chi connectivity index (χ1) is 15.0. The summed E-state index contributed by atoms with van der Waals surface area (Å²) in [6.45, 7) is 3.94. The number of ether oxygens (including phenoxy) is 1. The van der Waals surface area contributed by atoms with Crippen LogP contribution in [-0.4, -0.2) is 36.9 Å². The molecule has 2 heterocycles. The molecule has 1 atom stereocenters. The van der Waals surface area contributed by atoms with Gasteiger partial charge in [-0.15, -0.1) is 11.3 Å². The van der Waals surface area contributed by atoms with Gasteiger partial charge in [-0.3, -0.25) is 4.79 Å². The highest BCUT2D eigenvalue weighted by atomic mass is 32.1. The van der Waals surface area contributed by atoms with E-state index in [9.17, 15) is 4.79 Å². The van der Waals surface area contributed by atoms with Crippen molar-refractivity contribution >= 4 is 33.5 Å². The molecule has 1 aromatic heterocycles. The summed E-state index contributed by atoms with van der Waals surface area (Å²) in [5, 5.41) is 4.19. The van der Waals surface area contributed by atoms with Gasteiger partial charge in [-0.2, -0.15) is 0 Å². The van der Waals surface area contributed by atoms with Crippen molar-refractivity contribution in [2.45, 2.75) is 32.2 Å². The number of rotatable bonds is 8. The molecule has 1 saturated heterocycles. The number of nitrogens with one attached hydrogen (secondary N) is 1. The van der Waals surface area contributed by atoms with Gasteiger partial charge in [-0.25, -0.2) is 0 Å². The zero-order chi connectivity index (χ0) is 21.8. The number of benzene rings is 2. The van der Waals surface area contributed by atoms with Gasteiger partial charge in [-0.1, -0.05) is 25.1 Å². The van der Waals surface area contributed by atoms with E-state index in [1.165, 1.54) is 24.2 Å². The SMILES string of the molecule is CCc1cccc(C(=O)c2sc(Nc3ccc(OC[C@@H]4CCCN4C)cc3)cc2N)c1. The fourth-order valence-electron chi connectivity index (χ4n) is 3.87. The molecule has 1 aliphatic heterocycles. The average Bonchev–Trinajstić information content (AvgIpc) is 3.37. The molecule has 0 radical (unpaired) electrons. The third-order valence-corrected chi connectivity index (χ3v) is 6.87. The van der Waals surface area contributed by atoms with Crippen molar-refractivity contribution in [1.29, 1.82) is 0 Å². The van der Waals surface area contributed by atoms with Crippen LogP contribution in [0.5, 0.6) is 5.75 Å². The summed E-state index contributed by atoms with van der Waals surface area (Å²) in [5.74, 6) is 0.828. The van der Waals surface area contributed by atoms with Crippen molar-refractivity contribution in [1.82, 2.24) is 4.90 Å². The van der Waals surface area contributed by atoms with Gasteiger partial charge < -0.3 is 20.7 Å². The quantitative estimate of drug-likeness (QED) is 0.468. The fourth-order valence-corrected chi connectivity index (χ4v) is 4.83. The second-order valence-electron chi connectivity index (χ2n) is 8.02. The number of nitrogens with two attached hydrogens (primary N) is 1. The lowest BCUT2D eigenvalue weighted by molar-refractivity contribution is 0.104. The lowest BCUT2D eigenvalue weighted by Crippen LogP contribution is -2.30. The van der Waals surface area contributed by atoms with E-state index in [0.29, 0.717) is 22.2 Å². The normalized spacial score (nSPS) is 16.4. The minimum absolute atomic E-state index is 0.0357. The maximum atomic E-state index is 12.9. The Morgan fingerprint density at radius 1 is 1.23 bits per heavy atom. The van der Waals surface area contributed by atoms with Gasteiger partial charge in [0.25, 0.3) is 0 Å². The van der Waals surface area contributed by atoms with Gasteiger partial charge in [0.2, 0.25) is 5.78 Å². The third kappa shape index (κ3) is 5.09. The topological polar surface area (TPSA) is 67.6 Å². The van der Waals surface area contributed by atoms with Crippen molar-refractivity contribution in [2.24, 2.45) is 0 Å². The smallest absolute Gasteiger partial charge is 0.205 e. The number of thiophene rings is 1. The number of ketones is 1. The first-order valence-electron chi connectivity index (χ1n) is 10.8. The van der Waals surface area contributed by atoms with Crippen LogP contribution in [0.3, 0.4) is 0 Å². The van der Waals surface area contributed by atoms with E-state index in [4.69, 9.17) is 10.5 Å². The molecule has 0 bridgehead atoms. The first-order valence-corrected chi connectivity index (χ1v) is 11.6. The summed E-state index contributed by atoms with van der Waals surface area (Å²) >= 11 is 1.38. The van der Waals surface area contributed by atoms with Crippen LogP contribution >= 0.6 is 11.3 Å². The highest BCUT2D eigenvalue weighted by Gasteiger charge is 2.21. The summed E-state index contributed by atoms with van der Waals surface area (Å²) in [4.78, 5) is 15.9. The largest absolute Gasteiger partial charge is 0.492 e. The minimum Gasteiger partial charge on any atom is -0.492 e. The lowest BCUT2D eigenvalue weighted by Gasteiger charge is -2.19. The second kappa shape index (κ2) is 9.54. The van der Waals surface area contributed by atoms with E-state index in [1.54, 1.807) is 0 Å². The molecule has 31 heavy (non-hydrogen) atoms. The Balaban J connectivity index is 1.40. The number of aryl methyl sites for hydroxylation is 1. The molecule has 4 rings (SSSR count). The molecule has 0 unspecified atom stereocenters. The summed E-state index contributed by atoms with van der Waals surface area (Å²) in [5.41, 5.74) is 9.41. The van der Waals surface area contributed by atoms with Crippen LogP contribution in [-0.2, 0) is 6.42 Å². The Labute approximate surface area is 187 Å². The number of hydrogen-bond acceptors (Lipinski definition) is 6. The lowest BCUT2D eigenvalue weighted by atomic mass is 10.0. The predicted molar refractivity (Wildman–Crippen MR) is 129 cm³/mol.